The number of carbonyl (C=O) groups excluding carboxylic acids is 1. The number of amides is 1. The van der Waals surface area contributed by atoms with Gasteiger partial charge in [0.15, 0.2) is 0 Å². The third-order valence-corrected chi connectivity index (χ3v) is 8.17. The van der Waals surface area contributed by atoms with Crippen molar-refractivity contribution in [3.05, 3.63) is 5.51 Å². The Bertz CT molecular complexity index is 630. The Morgan fingerprint density at radius 1 is 1.08 bits per heavy atom. The molecule has 1 saturated carbocycles. The van der Waals surface area contributed by atoms with Gasteiger partial charge in [-0.1, -0.05) is 43.4 Å². The first kappa shape index (κ1) is 17.0. The monoisotopic (exact) mass is 374 g/mol. The lowest BCUT2D eigenvalue weighted by molar-refractivity contribution is -0.149. The molecule has 0 aromatic carbocycles. The molecule has 3 saturated heterocycles. The van der Waals surface area contributed by atoms with E-state index in [4.69, 9.17) is 0 Å². The van der Waals surface area contributed by atoms with Crippen molar-refractivity contribution in [2.75, 3.05) is 18.0 Å². The van der Waals surface area contributed by atoms with E-state index < -0.39 is 0 Å². The summed E-state index contributed by atoms with van der Waals surface area (Å²) < 4.78 is 0. The fourth-order valence-corrected chi connectivity index (χ4v) is 6.89. The molecule has 4 atom stereocenters. The van der Waals surface area contributed by atoms with Crippen molar-refractivity contribution in [1.29, 1.82) is 0 Å². The number of aromatic nitrogens is 2. The summed E-state index contributed by atoms with van der Waals surface area (Å²) in [6.45, 7) is 2.11. The Labute approximate surface area is 160 Å². The van der Waals surface area contributed by atoms with E-state index in [2.05, 4.69) is 20.0 Å². The molecule has 4 aliphatic rings. The molecule has 0 unspecified atom stereocenters. The standard InChI is InChI=1S/C20H30N4OS/c25-19-8-4-7-17-15-10-16(12-23(11-15)20-22-21-13-26-20)18(24(17)19)9-14-5-2-1-3-6-14/h13-18H,1-12H2/t15-,16+,17+,18+/m1/s1. The zero-order valence-electron chi connectivity index (χ0n) is 15.6. The highest BCUT2D eigenvalue weighted by Gasteiger charge is 2.50. The van der Waals surface area contributed by atoms with E-state index in [1.807, 2.05) is 5.51 Å². The van der Waals surface area contributed by atoms with Crippen molar-refractivity contribution in [3.63, 3.8) is 0 Å². The Balaban J connectivity index is 1.41. The van der Waals surface area contributed by atoms with Gasteiger partial charge in [0.1, 0.15) is 5.51 Å². The number of nitrogens with zero attached hydrogens (tertiary/aromatic N) is 4. The zero-order chi connectivity index (χ0) is 17.5. The largest absolute Gasteiger partial charge is 0.346 e. The SMILES string of the molecule is O=C1CCC[C@H]2[C@@H]3C[C@@H](CN(c4nncs4)C3)[C@H](CC3CCCCC3)N12. The van der Waals surface area contributed by atoms with Crippen molar-refractivity contribution in [3.8, 4) is 0 Å². The summed E-state index contributed by atoms with van der Waals surface area (Å²) in [7, 11) is 0. The van der Waals surface area contributed by atoms with Crippen LogP contribution in [0.5, 0.6) is 0 Å². The number of rotatable bonds is 3. The average molecular weight is 375 g/mol. The van der Waals surface area contributed by atoms with E-state index in [0.29, 0.717) is 29.8 Å². The Morgan fingerprint density at radius 2 is 1.92 bits per heavy atom. The van der Waals surface area contributed by atoms with Gasteiger partial charge < -0.3 is 9.80 Å². The van der Waals surface area contributed by atoms with E-state index in [9.17, 15) is 4.79 Å². The number of anilines is 1. The maximum absolute atomic E-state index is 12.9. The highest BCUT2D eigenvalue weighted by Crippen LogP contribution is 2.45. The molecular formula is C20H30N4OS. The van der Waals surface area contributed by atoms with Crippen LogP contribution in [-0.4, -0.2) is 46.2 Å². The molecule has 6 heteroatoms. The Hall–Kier alpha value is -1.17. The first-order chi connectivity index (χ1) is 12.8. The molecule has 1 aliphatic carbocycles. The van der Waals surface area contributed by atoms with Gasteiger partial charge in [0.05, 0.1) is 0 Å². The van der Waals surface area contributed by atoms with Crippen LogP contribution in [-0.2, 0) is 4.79 Å². The highest BCUT2D eigenvalue weighted by atomic mass is 32.1. The van der Waals surface area contributed by atoms with Crippen LogP contribution in [0.1, 0.15) is 64.2 Å². The third kappa shape index (κ3) is 3.04. The summed E-state index contributed by atoms with van der Waals surface area (Å²) in [5.41, 5.74) is 1.84. The normalized spacial score (nSPS) is 35.5. The molecule has 4 fully saturated rings. The van der Waals surface area contributed by atoms with Gasteiger partial charge in [-0.3, -0.25) is 4.79 Å². The lowest BCUT2D eigenvalue weighted by Gasteiger charge is -2.57. The van der Waals surface area contributed by atoms with Crippen molar-refractivity contribution in [2.45, 2.75) is 76.3 Å². The molecule has 142 valence electrons. The summed E-state index contributed by atoms with van der Waals surface area (Å²) in [6.07, 6.45) is 12.5. The second-order valence-electron chi connectivity index (χ2n) is 8.95. The average Bonchev–Trinajstić information content (AvgIpc) is 3.21. The van der Waals surface area contributed by atoms with Crippen molar-refractivity contribution in [1.82, 2.24) is 15.1 Å². The third-order valence-electron chi connectivity index (χ3n) is 7.42. The molecule has 3 aliphatic heterocycles. The molecule has 1 aromatic heterocycles. The summed E-state index contributed by atoms with van der Waals surface area (Å²) in [5, 5.41) is 9.48. The molecule has 4 heterocycles. The predicted octanol–water partition coefficient (Wildman–Crippen LogP) is 3.71. The van der Waals surface area contributed by atoms with Gasteiger partial charge in [-0.05, 0) is 43.4 Å². The van der Waals surface area contributed by atoms with Gasteiger partial charge in [-0.15, -0.1) is 10.2 Å². The van der Waals surface area contributed by atoms with Crippen molar-refractivity contribution >= 4 is 22.4 Å². The van der Waals surface area contributed by atoms with Gasteiger partial charge >= 0.3 is 0 Å². The van der Waals surface area contributed by atoms with E-state index >= 15 is 0 Å². The van der Waals surface area contributed by atoms with Crippen LogP contribution in [0.3, 0.4) is 0 Å². The van der Waals surface area contributed by atoms with Crippen LogP contribution in [0.4, 0.5) is 5.13 Å². The molecule has 26 heavy (non-hydrogen) atoms. The number of fused-ring (bicyclic) bond motifs is 4. The van der Waals surface area contributed by atoms with E-state index in [0.717, 1.165) is 37.0 Å². The molecule has 2 bridgehead atoms. The first-order valence-electron chi connectivity index (χ1n) is 10.6. The summed E-state index contributed by atoms with van der Waals surface area (Å²) >= 11 is 1.66. The van der Waals surface area contributed by atoms with Gasteiger partial charge in [0.2, 0.25) is 11.0 Å². The minimum atomic E-state index is 0.445. The highest BCUT2D eigenvalue weighted by molar-refractivity contribution is 7.13. The molecule has 0 spiro atoms. The van der Waals surface area contributed by atoms with Crippen molar-refractivity contribution in [2.24, 2.45) is 17.8 Å². The number of piperidine rings is 3. The molecular weight excluding hydrogens is 344 g/mol. The smallest absolute Gasteiger partial charge is 0.223 e. The van der Waals surface area contributed by atoms with Gasteiger partial charge in [-0.2, -0.15) is 0 Å². The molecule has 5 rings (SSSR count). The van der Waals surface area contributed by atoms with E-state index in [1.54, 1.807) is 11.3 Å². The van der Waals surface area contributed by atoms with Crippen LogP contribution in [0, 0.1) is 17.8 Å². The van der Waals surface area contributed by atoms with Crippen LogP contribution < -0.4 is 4.90 Å². The molecule has 1 aromatic rings. The lowest BCUT2D eigenvalue weighted by Crippen LogP contribution is -2.65. The fourth-order valence-electron chi connectivity index (χ4n) is 6.30. The van der Waals surface area contributed by atoms with Crippen LogP contribution in [0.15, 0.2) is 5.51 Å². The van der Waals surface area contributed by atoms with Crippen LogP contribution in [0.25, 0.3) is 0 Å². The molecule has 1 amide bonds. The van der Waals surface area contributed by atoms with E-state index in [-0.39, 0.29) is 0 Å². The van der Waals surface area contributed by atoms with Crippen molar-refractivity contribution < 1.29 is 4.79 Å². The first-order valence-corrected chi connectivity index (χ1v) is 11.5. The fraction of sp³-hybridized carbons (Fsp3) is 0.850. The zero-order valence-corrected chi connectivity index (χ0v) is 16.4. The Kier molecular flexibility index (Phi) is 4.63. The van der Waals surface area contributed by atoms with E-state index in [1.165, 1.54) is 51.4 Å². The minimum Gasteiger partial charge on any atom is -0.346 e. The van der Waals surface area contributed by atoms with Gasteiger partial charge in [0.25, 0.3) is 0 Å². The molecule has 5 nitrogen and oxygen atoms in total. The topological polar surface area (TPSA) is 49.3 Å². The second kappa shape index (κ2) is 7.10. The maximum Gasteiger partial charge on any atom is 0.223 e. The van der Waals surface area contributed by atoms with Gasteiger partial charge in [0, 0.05) is 31.6 Å². The lowest BCUT2D eigenvalue weighted by atomic mass is 9.69. The van der Waals surface area contributed by atoms with Crippen LogP contribution in [0.2, 0.25) is 0 Å². The number of hydrogen-bond acceptors (Lipinski definition) is 5. The summed E-state index contributed by atoms with van der Waals surface area (Å²) in [6, 6.07) is 0.930. The predicted molar refractivity (Wildman–Crippen MR) is 103 cm³/mol. The van der Waals surface area contributed by atoms with Gasteiger partial charge in [-0.25, -0.2) is 0 Å². The molecule has 0 radical (unpaired) electrons. The summed E-state index contributed by atoms with van der Waals surface area (Å²) in [4.78, 5) is 17.8. The number of hydrogen-bond donors (Lipinski definition) is 0. The maximum atomic E-state index is 12.9. The van der Waals surface area contributed by atoms with Crippen LogP contribution >= 0.6 is 11.3 Å². The minimum absolute atomic E-state index is 0.445. The molecule has 0 N–H and O–H groups in total. The Morgan fingerprint density at radius 3 is 2.73 bits per heavy atom. The number of carbonyl (C=O) groups is 1. The quantitative estimate of drug-likeness (QED) is 0.809. The summed E-state index contributed by atoms with van der Waals surface area (Å²) in [5.74, 6) is 2.50. The second-order valence-corrected chi connectivity index (χ2v) is 9.76.